The van der Waals surface area contributed by atoms with Gasteiger partial charge in [0.05, 0.1) is 20.3 Å². The van der Waals surface area contributed by atoms with Crippen LogP contribution in [0.1, 0.15) is 65.3 Å². The Hall–Kier alpha value is -2.57. The van der Waals surface area contributed by atoms with E-state index in [1.54, 1.807) is 14.2 Å². The number of amides is 1. The Labute approximate surface area is 196 Å². The van der Waals surface area contributed by atoms with Gasteiger partial charge in [0.2, 0.25) is 0 Å². The number of ether oxygens (including phenoxy) is 2. The van der Waals surface area contributed by atoms with Gasteiger partial charge >= 0.3 is 0 Å². The van der Waals surface area contributed by atoms with Gasteiger partial charge in [-0.25, -0.2) is 0 Å². The molecule has 0 radical (unpaired) electrons. The minimum atomic E-state index is -0.0853. The predicted molar refractivity (Wildman–Crippen MR) is 129 cm³/mol. The van der Waals surface area contributed by atoms with E-state index in [2.05, 4.69) is 15.5 Å². The van der Waals surface area contributed by atoms with Crippen LogP contribution in [0, 0.1) is 5.92 Å². The van der Waals surface area contributed by atoms with E-state index in [0.29, 0.717) is 17.7 Å². The molecular formula is C27H35N3O3. The summed E-state index contributed by atoms with van der Waals surface area (Å²) in [5.74, 6) is 2.06. The maximum absolute atomic E-state index is 13.7. The number of fused-ring (bicyclic) bond motifs is 4. The van der Waals surface area contributed by atoms with E-state index in [1.807, 2.05) is 43.3 Å². The molecule has 5 rings (SSSR count). The number of carbonyl (C=O) groups excluding carboxylic acids is 1. The van der Waals surface area contributed by atoms with Crippen molar-refractivity contribution in [1.29, 1.82) is 0 Å². The molecule has 0 spiro atoms. The number of piperidine rings is 2. The Bertz CT molecular complexity index is 1010. The summed E-state index contributed by atoms with van der Waals surface area (Å²) >= 11 is 0. The van der Waals surface area contributed by atoms with Gasteiger partial charge < -0.3 is 20.1 Å². The Morgan fingerprint density at radius 3 is 2.79 bits per heavy atom. The molecule has 0 aromatic heterocycles. The van der Waals surface area contributed by atoms with Gasteiger partial charge in [-0.15, -0.1) is 0 Å². The Morgan fingerprint density at radius 1 is 1.21 bits per heavy atom. The molecule has 2 aromatic rings. The largest absolute Gasteiger partial charge is 0.493 e. The van der Waals surface area contributed by atoms with E-state index < -0.39 is 0 Å². The fourth-order valence-electron chi connectivity index (χ4n) is 6.13. The molecule has 3 aliphatic heterocycles. The minimum absolute atomic E-state index is 0.0517. The van der Waals surface area contributed by atoms with Gasteiger partial charge in [-0.2, -0.15) is 0 Å². The molecule has 3 aliphatic rings. The second kappa shape index (κ2) is 9.35. The second-order valence-corrected chi connectivity index (χ2v) is 9.62. The van der Waals surface area contributed by atoms with Crippen LogP contribution in [0.3, 0.4) is 0 Å². The molecule has 2 saturated heterocycles. The van der Waals surface area contributed by atoms with Crippen LogP contribution in [-0.2, 0) is 6.42 Å². The lowest BCUT2D eigenvalue weighted by Gasteiger charge is -2.49. The van der Waals surface area contributed by atoms with E-state index in [4.69, 9.17) is 9.47 Å². The molecule has 2 aromatic carbocycles. The van der Waals surface area contributed by atoms with Crippen LogP contribution < -0.4 is 20.1 Å². The third-order valence-electron chi connectivity index (χ3n) is 7.80. The molecule has 2 fully saturated rings. The molecule has 176 valence electrons. The highest BCUT2D eigenvalue weighted by molar-refractivity contribution is 5.97. The zero-order valence-corrected chi connectivity index (χ0v) is 19.9. The van der Waals surface area contributed by atoms with Gasteiger partial charge in [-0.1, -0.05) is 30.3 Å². The zero-order valence-electron chi connectivity index (χ0n) is 19.9. The lowest BCUT2D eigenvalue weighted by atomic mass is 9.76. The van der Waals surface area contributed by atoms with Crippen LogP contribution in [0.2, 0.25) is 0 Å². The van der Waals surface area contributed by atoms with Gasteiger partial charge in [0.1, 0.15) is 0 Å². The van der Waals surface area contributed by atoms with Crippen molar-refractivity contribution in [1.82, 2.24) is 15.5 Å². The lowest BCUT2D eigenvalue weighted by molar-refractivity contribution is 0.0537. The summed E-state index contributed by atoms with van der Waals surface area (Å²) in [6.07, 6.45) is 4.45. The molecule has 0 saturated carbocycles. The SMILES string of the molecule is COc1cc(C(=O)NC(C)c2ccccc2)c2c(c1OC)CCN1C[C@@H]3CCCN[C@@H]3C[C@H]21. The third-order valence-corrected chi connectivity index (χ3v) is 7.80. The second-order valence-electron chi connectivity index (χ2n) is 9.62. The Balaban J connectivity index is 1.53. The van der Waals surface area contributed by atoms with Crippen LogP contribution >= 0.6 is 0 Å². The molecule has 6 nitrogen and oxygen atoms in total. The molecule has 6 heteroatoms. The van der Waals surface area contributed by atoms with E-state index in [9.17, 15) is 4.79 Å². The number of carbonyl (C=O) groups is 1. The van der Waals surface area contributed by atoms with E-state index in [0.717, 1.165) is 60.5 Å². The van der Waals surface area contributed by atoms with Crippen molar-refractivity contribution in [2.24, 2.45) is 5.92 Å². The fourth-order valence-corrected chi connectivity index (χ4v) is 6.13. The molecule has 1 unspecified atom stereocenters. The Morgan fingerprint density at radius 2 is 2.03 bits per heavy atom. The summed E-state index contributed by atoms with van der Waals surface area (Å²) in [5.41, 5.74) is 4.07. The average molecular weight is 450 g/mol. The molecule has 0 aliphatic carbocycles. The molecule has 33 heavy (non-hydrogen) atoms. The first-order valence-electron chi connectivity index (χ1n) is 12.2. The highest BCUT2D eigenvalue weighted by Crippen LogP contribution is 2.47. The smallest absolute Gasteiger partial charge is 0.252 e. The first kappa shape index (κ1) is 22.2. The molecule has 4 atom stereocenters. The summed E-state index contributed by atoms with van der Waals surface area (Å²) in [5, 5.41) is 6.99. The first-order valence-corrected chi connectivity index (χ1v) is 12.2. The zero-order chi connectivity index (χ0) is 22.9. The number of hydrogen-bond acceptors (Lipinski definition) is 5. The van der Waals surface area contributed by atoms with Crippen molar-refractivity contribution in [2.45, 2.75) is 50.7 Å². The van der Waals surface area contributed by atoms with E-state index >= 15 is 0 Å². The summed E-state index contributed by atoms with van der Waals surface area (Å²) in [6, 6.07) is 12.6. The van der Waals surface area contributed by atoms with Crippen LogP contribution in [0.5, 0.6) is 11.5 Å². The number of nitrogens with zero attached hydrogens (tertiary/aromatic N) is 1. The molecule has 2 N–H and O–H groups in total. The maximum Gasteiger partial charge on any atom is 0.252 e. The minimum Gasteiger partial charge on any atom is -0.493 e. The summed E-state index contributed by atoms with van der Waals surface area (Å²) < 4.78 is 11.5. The third kappa shape index (κ3) is 4.11. The van der Waals surface area contributed by atoms with Gasteiger partial charge in [0.25, 0.3) is 5.91 Å². The van der Waals surface area contributed by atoms with E-state index in [-0.39, 0.29) is 18.0 Å². The lowest BCUT2D eigenvalue weighted by Crippen LogP contribution is -2.55. The molecule has 3 heterocycles. The van der Waals surface area contributed by atoms with Crippen LogP contribution in [-0.4, -0.2) is 50.7 Å². The Kier molecular flexibility index (Phi) is 6.30. The standard InChI is InChI=1S/C27H35N3O3/c1-17(18-8-5-4-6-9-18)29-27(31)21-14-24(32-2)26(33-3)20-11-13-30-16-19-10-7-12-28-22(19)15-23(30)25(20)21/h4-6,8-9,14,17,19,22-23,28H,7,10-13,15-16H2,1-3H3,(H,29,31)/t17?,19-,22+,23+/m0/s1. The van der Waals surface area contributed by atoms with Crippen molar-refractivity contribution in [2.75, 3.05) is 33.9 Å². The first-order chi connectivity index (χ1) is 16.1. The molecule has 1 amide bonds. The van der Waals surface area contributed by atoms with Crippen molar-refractivity contribution in [3.05, 3.63) is 58.7 Å². The monoisotopic (exact) mass is 449 g/mol. The normalized spacial score (nSPS) is 25.2. The van der Waals surface area contributed by atoms with E-state index in [1.165, 1.54) is 12.8 Å². The molecular weight excluding hydrogens is 414 g/mol. The quantitative estimate of drug-likeness (QED) is 0.726. The number of methoxy groups -OCH3 is 2. The topological polar surface area (TPSA) is 62.8 Å². The number of hydrogen-bond donors (Lipinski definition) is 2. The predicted octanol–water partition coefficient (Wildman–Crippen LogP) is 3.87. The number of rotatable bonds is 5. The summed E-state index contributed by atoms with van der Waals surface area (Å²) in [6.45, 7) is 5.21. The highest BCUT2D eigenvalue weighted by atomic mass is 16.5. The van der Waals surface area contributed by atoms with Crippen molar-refractivity contribution in [3.8, 4) is 11.5 Å². The summed E-state index contributed by atoms with van der Waals surface area (Å²) in [4.78, 5) is 16.3. The summed E-state index contributed by atoms with van der Waals surface area (Å²) in [7, 11) is 3.34. The van der Waals surface area contributed by atoms with Crippen LogP contribution in [0.25, 0.3) is 0 Å². The van der Waals surface area contributed by atoms with Crippen LogP contribution in [0.15, 0.2) is 36.4 Å². The number of benzene rings is 2. The maximum atomic E-state index is 13.7. The average Bonchev–Trinajstić information content (AvgIpc) is 2.86. The van der Waals surface area contributed by atoms with Crippen LogP contribution in [0.4, 0.5) is 0 Å². The van der Waals surface area contributed by atoms with Crippen molar-refractivity contribution < 1.29 is 14.3 Å². The van der Waals surface area contributed by atoms with Crippen molar-refractivity contribution in [3.63, 3.8) is 0 Å². The molecule has 0 bridgehead atoms. The van der Waals surface area contributed by atoms with Crippen molar-refractivity contribution >= 4 is 5.91 Å². The van der Waals surface area contributed by atoms with Gasteiger partial charge in [0.15, 0.2) is 11.5 Å². The van der Waals surface area contributed by atoms with Gasteiger partial charge in [0, 0.05) is 36.3 Å². The van der Waals surface area contributed by atoms with Gasteiger partial charge in [-0.3, -0.25) is 9.69 Å². The fraction of sp³-hybridized carbons (Fsp3) is 0.519. The number of nitrogens with one attached hydrogen (secondary N) is 2. The highest BCUT2D eigenvalue weighted by Gasteiger charge is 2.42. The van der Waals surface area contributed by atoms with Gasteiger partial charge in [-0.05, 0) is 62.3 Å².